The van der Waals surface area contributed by atoms with Gasteiger partial charge in [-0.2, -0.15) is 0 Å². The van der Waals surface area contributed by atoms with Crippen molar-refractivity contribution in [1.82, 2.24) is 0 Å². The second-order valence-electron chi connectivity index (χ2n) is 14.1. The van der Waals surface area contributed by atoms with Crippen molar-refractivity contribution in [3.63, 3.8) is 0 Å². The summed E-state index contributed by atoms with van der Waals surface area (Å²) in [5.41, 5.74) is 13.2. The van der Waals surface area contributed by atoms with Crippen molar-refractivity contribution in [3.8, 4) is 21.6 Å². The van der Waals surface area contributed by atoms with Crippen molar-refractivity contribution in [2.24, 2.45) is 0 Å². The summed E-state index contributed by atoms with van der Waals surface area (Å²) < 4.78 is 1.32. The molecule has 0 saturated heterocycles. The summed E-state index contributed by atoms with van der Waals surface area (Å²) >= 11 is 3.82. The maximum Gasteiger partial charge on any atom is 0.0462 e. The minimum absolute atomic E-state index is 0.454. The lowest BCUT2D eigenvalue weighted by molar-refractivity contribution is 0.949. The third-order valence-electron chi connectivity index (χ3n) is 10.6. The van der Waals surface area contributed by atoms with Crippen LogP contribution in [0, 0.1) is 0 Å². The quantitative estimate of drug-likeness (QED) is 0.145. The van der Waals surface area contributed by atoms with Crippen LogP contribution in [0.3, 0.4) is 0 Å². The number of thiophene rings is 1. The molecule has 0 bridgehead atoms. The molecule has 4 heteroatoms. The average molecular weight is 755 g/mol. The summed E-state index contributed by atoms with van der Waals surface area (Å²) in [6.07, 6.45) is 1.08. The number of fused-ring (bicyclic) bond motifs is 2. The normalized spacial score (nSPS) is 13.4. The molecule has 9 aromatic rings. The second kappa shape index (κ2) is 15.1. The van der Waals surface area contributed by atoms with E-state index in [1.54, 1.807) is 0 Å². The van der Waals surface area contributed by atoms with E-state index in [9.17, 15) is 0 Å². The van der Waals surface area contributed by atoms with E-state index in [-0.39, 0.29) is 0 Å². The minimum Gasteiger partial charge on any atom is -0.311 e. The second-order valence-corrected chi connectivity index (χ2v) is 16.5. The standard InChI is InChI=1S/C52H38N2S2/c1-3-13-43(14-4-1)53(47-31-23-39(24-32-47)51-35-41-11-7-9-17-49(41)55-51)45-27-19-37(20-28-45)38-21-29-46(30-22-38)54(44-15-5-2-6-16-44)48-33-25-40(26-34-48)52-36-42-12-8-10-18-50(42)56-52/h1-35,52H,36H2. The smallest absolute Gasteiger partial charge is 0.0462 e. The minimum atomic E-state index is 0.454. The van der Waals surface area contributed by atoms with E-state index >= 15 is 0 Å². The van der Waals surface area contributed by atoms with Crippen LogP contribution < -0.4 is 9.80 Å². The zero-order valence-corrected chi connectivity index (χ0v) is 32.3. The predicted octanol–water partition coefficient (Wildman–Crippen LogP) is 15.6. The molecule has 0 N–H and O–H groups in total. The van der Waals surface area contributed by atoms with Gasteiger partial charge in [-0.05, 0) is 131 Å². The Balaban J connectivity index is 0.911. The van der Waals surface area contributed by atoms with Crippen LogP contribution in [0.1, 0.15) is 16.4 Å². The molecule has 0 spiro atoms. The van der Waals surface area contributed by atoms with E-state index in [0.29, 0.717) is 5.25 Å². The lowest BCUT2D eigenvalue weighted by Crippen LogP contribution is -2.10. The summed E-state index contributed by atoms with van der Waals surface area (Å²) in [6.45, 7) is 0. The molecule has 2 heterocycles. The lowest BCUT2D eigenvalue weighted by Gasteiger charge is -2.26. The molecule has 1 aromatic heterocycles. The van der Waals surface area contributed by atoms with Gasteiger partial charge in [0, 0.05) is 53.8 Å². The van der Waals surface area contributed by atoms with Gasteiger partial charge in [0.2, 0.25) is 0 Å². The molecule has 56 heavy (non-hydrogen) atoms. The van der Waals surface area contributed by atoms with Gasteiger partial charge in [0.15, 0.2) is 0 Å². The molecule has 1 aliphatic heterocycles. The van der Waals surface area contributed by atoms with Gasteiger partial charge in [-0.25, -0.2) is 0 Å². The van der Waals surface area contributed by atoms with Gasteiger partial charge in [-0.3, -0.25) is 0 Å². The number of thioether (sulfide) groups is 1. The van der Waals surface area contributed by atoms with E-state index in [1.165, 1.54) is 47.7 Å². The van der Waals surface area contributed by atoms with Crippen LogP contribution in [-0.4, -0.2) is 0 Å². The first-order chi connectivity index (χ1) is 27.7. The molecule has 0 amide bonds. The van der Waals surface area contributed by atoms with Crippen LogP contribution in [0.15, 0.2) is 217 Å². The fraction of sp³-hybridized carbons (Fsp3) is 0.0385. The number of benzene rings is 8. The van der Waals surface area contributed by atoms with Gasteiger partial charge in [-0.1, -0.05) is 121 Å². The molecular formula is C52H38N2S2. The molecule has 0 fully saturated rings. The zero-order valence-electron chi connectivity index (χ0n) is 30.7. The highest BCUT2D eigenvalue weighted by molar-refractivity contribution is 7.99. The van der Waals surface area contributed by atoms with Crippen molar-refractivity contribution in [3.05, 3.63) is 223 Å². The van der Waals surface area contributed by atoms with Crippen LogP contribution in [0.25, 0.3) is 31.7 Å². The monoisotopic (exact) mass is 754 g/mol. The Morgan fingerprint density at radius 1 is 0.393 bits per heavy atom. The number of rotatable bonds is 9. The summed E-state index contributed by atoms with van der Waals surface area (Å²) in [5, 5.41) is 1.75. The van der Waals surface area contributed by atoms with E-state index in [0.717, 1.165) is 40.5 Å². The maximum absolute atomic E-state index is 2.34. The third-order valence-corrected chi connectivity index (χ3v) is 13.2. The first-order valence-electron chi connectivity index (χ1n) is 19.1. The predicted molar refractivity (Wildman–Crippen MR) is 241 cm³/mol. The summed E-state index contributed by atoms with van der Waals surface area (Å²) in [4.78, 5) is 7.37. The Morgan fingerprint density at radius 3 is 1.38 bits per heavy atom. The summed E-state index contributed by atoms with van der Waals surface area (Å²) in [5.74, 6) is 0. The molecule has 0 radical (unpaired) electrons. The summed E-state index contributed by atoms with van der Waals surface area (Å²) in [7, 11) is 0. The van der Waals surface area contributed by atoms with E-state index < -0.39 is 0 Å². The molecular weight excluding hydrogens is 717 g/mol. The molecule has 1 atom stereocenters. The van der Waals surface area contributed by atoms with Crippen molar-refractivity contribution in [1.29, 1.82) is 0 Å². The van der Waals surface area contributed by atoms with Gasteiger partial charge < -0.3 is 9.80 Å². The third kappa shape index (κ3) is 6.79. The Bertz CT molecular complexity index is 2660. The fourth-order valence-corrected chi connectivity index (χ4v) is 10.2. The van der Waals surface area contributed by atoms with Crippen LogP contribution in [0.2, 0.25) is 0 Å². The average Bonchev–Trinajstić information content (AvgIpc) is 3.91. The molecule has 268 valence electrons. The first kappa shape index (κ1) is 34.2. The van der Waals surface area contributed by atoms with Crippen molar-refractivity contribution in [2.45, 2.75) is 16.6 Å². The molecule has 2 nitrogen and oxygen atoms in total. The van der Waals surface area contributed by atoms with Crippen LogP contribution in [0.4, 0.5) is 34.1 Å². The first-order valence-corrected chi connectivity index (χ1v) is 20.8. The molecule has 10 rings (SSSR count). The molecule has 0 aliphatic carbocycles. The fourth-order valence-electron chi connectivity index (χ4n) is 7.76. The molecule has 8 aromatic carbocycles. The Morgan fingerprint density at radius 2 is 0.839 bits per heavy atom. The van der Waals surface area contributed by atoms with Crippen LogP contribution in [0.5, 0.6) is 0 Å². The van der Waals surface area contributed by atoms with E-state index in [4.69, 9.17) is 0 Å². The van der Waals surface area contributed by atoms with E-state index in [2.05, 4.69) is 222 Å². The van der Waals surface area contributed by atoms with Gasteiger partial charge >= 0.3 is 0 Å². The molecule has 1 aliphatic rings. The number of hydrogen-bond acceptors (Lipinski definition) is 4. The largest absolute Gasteiger partial charge is 0.311 e. The van der Waals surface area contributed by atoms with Crippen molar-refractivity contribution < 1.29 is 0 Å². The van der Waals surface area contributed by atoms with E-state index in [1.807, 2.05) is 23.1 Å². The topological polar surface area (TPSA) is 6.48 Å². The maximum atomic E-state index is 2.34. The van der Waals surface area contributed by atoms with Gasteiger partial charge in [0.05, 0.1) is 0 Å². The number of nitrogens with zero attached hydrogens (tertiary/aromatic N) is 2. The highest BCUT2D eigenvalue weighted by Crippen LogP contribution is 2.47. The number of anilines is 6. The van der Waals surface area contributed by atoms with Crippen molar-refractivity contribution >= 4 is 67.3 Å². The Labute approximate surface area is 337 Å². The number of hydrogen-bond donors (Lipinski definition) is 0. The Kier molecular flexibility index (Phi) is 9.20. The van der Waals surface area contributed by atoms with Gasteiger partial charge in [0.25, 0.3) is 0 Å². The molecule has 0 saturated carbocycles. The lowest BCUT2D eigenvalue weighted by atomic mass is 10.0. The Hall–Kier alpha value is -6.33. The summed E-state index contributed by atoms with van der Waals surface area (Å²) in [6, 6.07) is 77.0. The molecule has 1 unspecified atom stereocenters. The van der Waals surface area contributed by atoms with Crippen LogP contribution >= 0.6 is 23.1 Å². The van der Waals surface area contributed by atoms with Crippen LogP contribution in [-0.2, 0) is 6.42 Å². The number of para-hydroxylation sites is 2. The van der Waals surface area contributed by atoms with Gasteiger partial charge in [0.1, 0.15) is 0 Å². The SMILES string of the molecule is c1ccc(N(c2ccc(-c3ccc(N(c4ccccc4)c4ccc(C5Cc6ccccc6S5)cc4)cc3)cc2)c2ccc(-c3cc4ccccc4s3)cc2)cc1. The zero-order chi connectivity index (χ0) is 37.3. The highest BCUT2D eigenvalue weighted by atomic mass is 32.2. The van der Waals surface area contributed by atoms with Gasteiger partial charge in [-0.15, -0.1) is 23.1 Å². The van der Waals surface area contributed by atoms with Crippen molar-refractivity contribution in [2.75, 3.05) is 9.80 Å². The highest BCUT2D eigenvalue weighted by Gasteiger charge is 2.24.